The topological polar surface area (TPSA) is 60.8 Å². The summed E-state index contributed by atoms with van der Waals surface area (Å²) in [6.45, 7) is 0.792. The van der Waals surface area contributed by atoms with Crippen molar-refractivity contribution in [1.29, 1.82) is 0 Å². The monoisotopic (exact) mass is 291 g/mol. The van der Waals surface area contributed by atoms with Gasteiger partial charge >= 0.3 is 0 Å². The van der Waals surface area contributed by atoms with Gasteiger partial charge in [-0.3, -0.25) is 4.79 Å². The number of piperidine rings is 1. The van der Waals surface area contributed by atoms with Crippen LogP contribution in [-0.4, -0.2) is 46.8 Å². The Bertz CT molecular complexity index is 577. The number of halogens is 1. The Labute approximate surface area is 123 Å². The van der Waals surface area contributed by atoms with Gasteiger partial charge in [0.05, 0.1) is 18.3 Å². The maximum absolute atomic E-state index is 13.3. The smallest absolute Gasteiger partial charge is 0.255 e. The Morgan fingerprint density at radius 2 is 2.29 bits per heavy atom. The number of aliphatic hydroxyl groups is 2. The van der Waals surface area contributed by atoms with Crippen LogP contribution in [0.1, 0.15) is 35.2 Å². The lowest BCUT2D eigenvalue weighted by molar-refractivity contribution is 0.0473. The lowest BCUT2D eigenvalue weighted by atomic mass is 10.0. The molecular weight excluding hydrogens is 273 g/mol. The van der Waals surface area contributed by atoms with E-state index < -0.39 is 11.9 Å². The van der Waals surface area contributed by atoms with Gasteiger partial charge in [0.2, 0.25) is 0 Å². The molecule has 0 saturated carbocycles. The van der Waals surface area contributed by atoms with E-state index in [9.17, 15) is 14.3 Å². The number of rotatable bonds is 2. The molecule has 4 nitrogen and oxygen atoms in total. The third-order valence-corrected chi connectivity index (χ3v) is 3.36. The molecule has 2 N–H and O–H groups in total. The van der Waals surface area contributed by atoms with Crippen LogP contribution in [-0.2, 0) is 0 Å². The molecule has 0 aromatic heterocycles. The molecule has 1 aromatic carbocycles. The van der Waals surface area contributed by atoms with Crippen LogP contribution in [0.15, 0.2) is 18.2 Å². The number of benzene rings is 1. The molecule has 1 aromatic rings. The molecule has 112 valence electrons. The van der Waals surface area contributed by atoms with Crippen molar-refractivity contribution >= 4 is 5.91 Å². The maximum Gasteiger partial charge on any atom is 0.255 e. The average molecular weight is 291 g/mol. The van der Waals surface area contributed by atoms with Crippen molar-refractivity contribution < 1.29 is 19.4 Å². The van der Waals surface area contributed by atoms with Crippen LogP contribution >= 0.6 is 0 Å². The molecule has 1 atom stereocenters. The summed E-state index contributed by atoms with van der Waals surface area (Å²) in [6.07, 6.45) is 1.20. The highest BCUT2D eigenvalue weighted by molar-refractivity contribution is 5.96. The van der Waals surface area contributed by atoms with Crippen molar-refractivity contribution in [2.75, 3.05) is 19.7 Å². The first-order chi connectivity index (χ1) is 10.1. The van der Waals surface area contributed by atoms with E-state index >= 15 is 0 Å². The summed E-state index contributed by atoms with van der Waals surface area (Å²) in [4.78, 5) is 14.1. The van der Waals surface area contributed by atoms with E-state index in [1.165, 1.54) is 18.2 Å². The fraction of sp³-hybridized carbons (Fsp3) is 0.438. The van der Waals surface area contributed by atoms with Crippen LogP contribution in [0.25, 0.3) is 0 Å². The highest BCUT2D eigenvalue weighted by Gasteiger charge is 2.24. The summed E-state index contributed by atoms with van der Waals surface area (Å²) in [6, 6.07) is 3.87. The van der Waals surface area contributed by atoms with Crippen molar-refractivity contribution in [3.63, 3.8) is 0 Å². The largest absolute Gasteiger partial charge is 0.395 e. The number of carbonyl (C=O) groups excluding carboxylic acids is 1. The lowest BCUT2D eigenvalue weighted by Gasteiger charge is -2.30. The van der Waals surface area contributed by atoms with Gasteiger partial charge in [-0.05, 0) is 31.0 Å². The Morgan fingerprint density at radius 1 is 1.48 bits per heavy atom. The van der Waals surface area contributed by atoms with E-state index in [2.05, 4.69) is 11.8 Å². The van der Waals surface area contributed by atoms with Crippen molar-refractivity contribution in [2.24, 2.45) is 0 Å². The zero-order valence-electron chi connectivity index (χ0n) is 11.7. The van der Waals surface area contributed by atoms with Crippen molar-refractivity contribution in [2.45, 2.75) is 25.4 Å². The predicted octanol–water partition coefficient (Wildman–Crippen LogP) is 1.16. The number of β-amino-alcohol motifs (C(OH)–C–C–N with tert-alkyl or cyclic N) is 1. The Hall–Kier alpha value is -1.90. The summed E-state index contributed by atoms with van der Waals surface area (Å²) in [5.74, 6) is 4.72. The van der Waals surface area contributed by atoms with Crippen LogP contribution in [0.3, 0.4) is 0 Å². The third-order valence-electron chi connectivity index (χ3n) is 3.36. The van der Waals surface area contributed by atoms with Crippen LogP contribution in [0, 0.1) is 17.7 Å². The highest BCUT2D eigenvalue weighted by atomic mass is 19.1. The molecule has 1 fully saturated rings. The van der Waals surface area contributed by atoms with Crippen molar-refractivity contribution in [3.05, 3.63) is 35.1 Å². The Balaban J connectivity index is 2.26. The normalized spacial score (nSPS) is 18.0. The van der Waals surface area contributed by atoms with Crippen LogP contribution in [0.4, 0.5) is 4.39 Å². The number of hydrogen-bond donors (Lipinski definition) is 2. The maximum atomic E-state index is 13.3. The molecular formula is C16H18FNO3. The van der Waals surface area contributed by atoms with Gasteiger partial charge in [-0.25, -0.2) is 4.39 Å². The molecule has 0 radical (unpaired) electrons. The number of likely N-dealkylation sites (tertiary alicyclic amines) is 1. The molecule has 0 aliphatic carbocycles. The number of aliphatic hydroxyl groups excluding tert-OH is 2. The van der Waals surface area contributed by atoms with Gasteiger partial charge in [-0.1, -0.05) is 11.8 Å². The van der Waals surface area contributed by atoms with E-state index in [-0.39, 0.29) is 18.9 Å². The standard InChI is InChI=1S/C16H18FNO3/c17-13-6-7-15(12(10-13)4-1-2-9-19)16(21)18-8-3-5-14(20)11-18/h6-7,10,14,19-20H,2-3,5,8-9,11H2. The molecule has 21 heavy (non-hydrogen) atoms. The summed E-state index contributed by atoms with van der Waals surface area (Å²) in [5, 5.41) is 18.4. The third kappa shape index (κ3) is 4.03. The molecule has 2 rings (SSSR count). The number of hydrogen-bond acceptors (Lipinski definition) is 3. The Kier molecular flexibility index (Phi) is 5.32. The van der Waals surface area contributed by atoms with E-state index in [0.717, 1.165) is 6.42 Å². The molecule has 1 unspecified atom stereocenters. The van der Waals surface area contributed by atoms with Crippen LogP contribution in [0.5, 0.6) is 0 Å². The summed E-state index contributed by atoms with van der Waals surface area (Å²) in [5.41, 5.74) is 0.643. The van der Waals surface area contributed by atoms with Crippen LogP contribution in [0.2, 0.25) is 0 Å². The molecule has 1 heterocycles. The van der Waals surface area contributed by atoms with Gasteiger partial charge in [-0.2, -0.15) is 0 Å². The van der Waals surface area contributed by atoms with E-state index in [1.54, 1.807) is 4.90 Å². The second kappa shape index (κ2) is 7.21. The summed E-state index contributed by atoms with van der Waals surface area (Å²) >= 11 is 0. The van der Waals surface area contributed by atoms with Gasteiger partial charge in [-0.15, -0.1) is 0 Å². The molecule has 0 bridgehead atoms. The van der Waals surface area contributed by atoms with Crippen LogP contribution < -0.4 is 0 Å². The van der Waals surface area contributed by atoms with Gasteiger partial charge in [0.15, 0.2) is 0 Å². The molecule has 1 aliphatic rings. The number of amides is 1. The molecule has 1 amide bonds. The van der Waals surface area contributed by atoms with Crippen molar-refractivity contribution in [1.82, 2.24) is 4.90 Å². The van der Waals surface area contributed by atoms with E-state index in [4.69, 9.17) is 5.11 Å². The minimum absolute atomic E-state index is 0.0795. The number of carbonyl (C=O) groups is 1. The van der Waals surface area contributed by atoms with Gasteiger partial charge < -0.3 is 15.1 Å². The SMILES string of the molecule is O=C(c1ccc(F)cc1C#CCCO)N1CCCC(O)C1. The first kappa shape index (κ1) is 15.5. The molecule has 1 saturated heterocycles. The molecule has 5 heteroatoms. The first-order valence-corrected chi connectivity index (χ1v) is 6.98. The predicted molar refractivity (Wildman–Crippen MR) is 76.1 cm³/mol. The first-order valence-electron chi connectivity index (χ1n) is 6.98. The second-order valence-electron chi connectivity index (χ2n) is 5.01. The minimum Gasteiger partial charge on any atom is -0.395 e. The minimum atomic E-state index is -0.507. The van der Waals surface area contributed by atoms with Crippen molar-refractivity contribution in [3.8, 4) is 11.8 Å². The van der Waals surface area contributed by atoms with Gasteiger partial charge in [0.1, 0.15) is 5.82 Å². The fourth-order valence-electron chi connectivity index (χ4n) is 2.33. The van der Waals surface area contributed by atoms with Gasteiger partial charge in [0.25, 0.3) is 5.91 Å². The lowest BCUT2D eigenvalue weighted by Crippen LogP contribution is -2.42. The fourth-order valence-corrected chi connectivity index (χ4v) is 2.33. The summed E-state index contributed by atoms with van der Waals surface area (Å²) in [7, 11) is 0. The zero-order chi connectivity index (χ0) is 15.2. The highest BCUT2D eigenvalue weighted by Crippen LogP contribution is 2.17. The molecule has 1 aliphatic heterocycles. The zero-order valence-corrected chi connectivity index (χ0v) is 11.7. The summed E-state index contributed by atoms with van der Waals surface area (Å²) < 4.78 is 13.3. The molecule has 0 spiro atoms. The number of nitrogens with zero attached hydrogens (tertiary/aromatic N) is 1. The average Bonchev–Trinajstić information content (AvgIpc) is 2.47. The second-order valence-corrected chi connectivity index (χ2v) is 5.01. The van der Waals surface area contributed by atoms with Gasteiger partial charge in [0, 0.05) is 25.1 Å². The van der Waals surface area contributed by atoms with E-state index in [0.29, 0.717) is 30.6 Å². The Morgan fingerprint density at radius 3 is 3.00 bits per heavy atom. The quantitative estimate of drug-likeness (QED) is 0.804. The van der Waals surface area contributed by atoms with E-state index in [1.807, 2.05) is 0 Å².